The van der Waals surface area contributed by atoms with E-state index in [2.05, 4.69) is 0 Å². The van der Waals surface area contributed by atoms with E-state index in [0.717, 1.165) is 16.6 Å². The third-order valence-electron chi connectivity index (χ3n) is 6.55. The van der Waals surface area contributed by atoms with Crippen LogP contribution < -0.4 is 9.64 Å². The third kappa shape index (κ3) is 4.22. The number of aryl methyl sites for hydroxylation is 1. The number of ether oxygens (including phenoxy) is 1. The fraction of sp³-hybridized carbons (Fsp3) is 0.167. The van der Waals surface area contributed by atoms with Gasteiger partial charge in [-0.15, -0.1) is 0 Å². The Morgan fingerprint density at radius 2 is 1.44 bits per heavy atom. The Labute approximate surface area is 209 Å². The van der Waals surface area contributed by atoms with Crippen molar-refractivity contribution >= 4 is 34.2 Å². The maximum Gasteiger partial charge on any atom is 0.261 e. The Morgan fingerprint density at radius 3 is 2.03 bits per heavy atom. The number of benzene rings is 4. The molecule has 5 rings (SSSR count). The average molecular weight is 479 g/mol. The first-order valence-electron chi connectivity index (χ1n) is 11.9. The fourth-order valence-corrected chi connectivity index (χ4v) is 4.63. The van der Waals surface area contributed by atoms with E-state index in [1.165, 1.54) is 4.90 Å². The number of carbonyl (C=O) groups excluding carboxylic acids is 3. The Kier molecular flexibility index (Phi) is 6.25. The predicted molar refractivity (Wildman–Crippen MR) is 140 cm³/mol. The van der Waals surface area contributed by atoms with Crippen LogP contribution in [-0.2, 0) is 0 Å². The van der Waals surface area contributed by atoms with Crippen molar-refractivity contribution in [3.8, 4) is 5.75 Å². The Morgan fingerprint density at radius 1 is 0.833 bits per heavy atom. The van der Waals surface area contributed by atoms with E-state index in [1.54, 1.807) is 48.4 Å². The van der Waals surface area contributed by atoms with E-state index in [0.29, 0.717) is 40.8 Å². The molecule has 0 aromatic heterocycles. The van der Waals surface area contributed by atoms with Crippen LogP contribution in [0.4, 0.5) is 5.69 Å². The molecule has 3 amide bonds. The monoisotopic (exact) mass is 478 g/mol. The molecule has 0 spiro atoms. The Bertz CT molecular complexity index is 1410. The maximum absolute atomic E-state index is 13.5. The normalized spacial score (nSPS) is 12.7. The molecule has 4 aromatic carbocycles. The number of carbonyl (C=O) groups is 3. The highest BCUT2D eigenvalue weighted by atomic mass is 16.5. The van der Waals surface area contributed by atoms with Gasteiger partial charge in [-0.05, 0) is 67.3 Å². The van der Waals surface area contributed by atoms with E-state index in [9.17, 15) is 14.4 Å². The van der Waals surface area contributed by atoms with Gasteiger partial charge in [-0.3, -0.25) is 19.3 Å². The lowest BCUT2D eigenvalue weighted by Crippen LogP contribution is -2.42. The van der Waals surface area contributed by atoms with Gasteiger partial charge in [0.15, 0.2) is 0 Å². The zero-order chi connectivity index (χ0) is 25.2. The van der Waals surface area contributed by atoms with Crippen LogP contribution in [0.25, 0.3) is 10.8 Å². The van der Waals surface area contributed by atoms with Crippen molar-refractivity contribution in [3.05, 3.63) is 107 Å². The van der Waals surface area contributed by atoms with Crippen molar-refractivity contribution in [2.24, 2.45) is 0 Å². The maximum atomic E-state index is 13.5. The smallest absolute Gasteiger partial charge is 0.261 e. The highest BCUT2D eigenvalue weighted by molar-refractivity contribution is 6.25. The summed E-state index contributed by atoms with van der Waals surface area (Å²) >= 11 is 0. The minimum atomic E-state index is -0.298. The number of nitrogens with zero attached hydrogens (tertiary/aromatic N) is 2. The molecular weight excluding hydrogens is 452 g/mol. The SMILES string of the molecule is COc1ccc(C(=O)N(CCCN2C(=O)c3cccc4cccc(c34)C2=O)c2ccc(C)cc2)cc1. The van der Waals surface area contributed by atoms with E-state index in [4.69, 9.17) is 4.74 Å². The zero-order valence-electron chi connectivity index (χ0n) is 20.2. The van der Waals surface area contributed by atoms with Gasteiger partial charge < -0.3 is 9.64 Å². The van der Waals surface area contributed by atoms with Gasteiger partial charge in [0.05, 0.1) is 7.11 Å². The quantitative estimate of drug-likeness (QED) is 0.330. The van der Waals surface area contributed by atoms with Crippen LogP contribution >= 0.6 is 0 Å². The lowest BCUT2D eigenvalue weighted by atomic mass is 9.94. The molecule has 4 aromatic rings. The second-order valence-corrected chi connectivity index (χ2v) is 8.85. The molecule has 6 heteroatoms. The standard InChI is InChI=1S/C30H26N2O4/c1-20-10-14-23(15-11-20)31(28(33)22-12-16-24(36-2)17-13-22)18-5-19-32-29(34)25-8-3-6-21-7-4-9-26(27(21)25)30(32)35/h3-4,6-17H,5,18-19H2,1-2H3. The number of hydrogen-bond acceptors (Lipinski definition) is 4. The van der Waals surface area contributed by atoms with Crippen molar-refractivity contribution in [3.63, 3.8) is 0 Å². The van der Waals surface area contributed by atoms with Crippen LogP contribution in [0.3, 0.4) is 0 Å². The first-order valence-corrected chi connectivity index (χ1v) is 11.9. The molecule has 1 heterocycles. The number of rotatable bonds is 7. The first kappa shape index (κ1) is 23.3. The molecule has 0 atom stereocenters. The number of hydrogen-bond donors (Lipinski definition) is 0. The molecule has 6 nitrogen and oxygen atoms in total. The molecule has 36 heavy (non-hydrogen) atoms. The van der Waals surface area contributed by atoms with Gasteiger partial charge in [0.25, 0.3) is 17.7 Å². The zero-order valence-corrected chi connectivity index (χ0v) is 20.2. The highest BCUT2D eigenvalue weighted by Gasteiger charge is 2.32. The molecule has 0 saturated heterocycles. The lowest BCUT2D eigenvalue weighted by Gasteiger charge is -2.29. The van der Waals surface area contributed by atoms with Crippen molar-refractivity contribution in [2.45, 2.75) is 13.3 Å². The summed E-state index contributed by atoms with van der Waals surface area (Å²) in [7, 11) is 1.58. The molecular formula is C30H26N2O4. The van der Waals surface area contributed by atoms with Gasteiger partial charge >= 0.3 is 0 Å². The average Bonchev–Trinajstić information content (AvgIpc) is 2.91. The summed E-state index contributed by atoms with van der Waals surface area (Å²) in [6, 6.07) is 25.7. The minimum absolute atomic E-state index is 0.159. The molecule has 180 valence electrons. The summed E-state index contributed by atoms with van der Waals surface area (Å²) in [6.07, 6.45) is 0.436. The number of methoxy groups -OCH3 is 1. The van der Waals surface area contributed by atoms with Gasteiger partial charge in [0.1, 0.15) is 5.75 Å². The van der Waals surface area contributed by atoms with E-state index >= 15 is 0 Å². The molecule has 0 unspecified atom stereocenters. The predicted octanol–water partition coefficient (Wildman–Crippen LogP) is 5.49. The van der Waals surface area contributed by atoms with E-state index < -0.39 is 0 Å². The van der Waals surface area contributed by atoms with Gasteiger partial charge in [-0.1, -0.05) is 42.0 Å². The molecule has 0 aliphatic carbocycles. The third-order valence-corrected chi connectivity index (χ3v) is 6.55. The largest absolute Gasteiger partial charge is 0.497 e. The summed E-state index contributed by atoms with van der Waals surface area (Å²) in [4.78, 5) is 42.9. The van der Waals surface area contributed by atoms with E-state index in [-0.39, 0.29) is 24.3 Å². The second kappa shape index (κ2) is 9.66. The minimum Gasteiger partial charge on any atom is -0.497 e. The van der Waals surface area contributed by atoms with Crippen molar-refractivity contribution in [1.29, 1.82) is 0 Å². The lowest BCUT2D eigenvalue weighted by molar-refractivity contribution is 0.0610. The Balaban J connectivity index is 1.37. The summed E-state index contributed by atoms with van der Waals surface area (Å²) in [5.74, 6) is -0.0842. The Hall–Kier alpha value is -4.45. The first-order chi connectivity index (χ1) is 17.5. The highest BCUT2D eigenvalue weighted by Crippen LogP contribution is 2.30. The summed E-state index contributed by atoms with van der Waals surface area (Å²) in [5.41, 5.74) is 3.45. The number of imide groups is 1. The van der Waals surface area contributed by atoms with Crippen molar-refractivity contribution in [2.75, 3.05) is 25.1 Å². The van der Waals surface area contributed by atoms with Gasteiger partial charge in [-0.25, -0.2) is 0 Å². The van der Waals surface area contributed by atoms with Gasteiger partial charge in [0.2, 0.25) is 0 Å². The molecule has 0 fully saturated rings. The van der Waals surface area contributed by atoms with Crippen LogP contribution in [0.1, 0.15) is 43.1 Å². The second-order valence-electron chi connectivity index (χ2n) is 8.85. The molecule has 1 aliphatic rings. The topological polar surface area (TPSA) is 66.9 Å². The van der Waals surface area contributed by atoms with Gasteiger partial charge in [-0.2, -0.15) is 0 Å². The fourth-order valence-electron chi connectivity index (χ4n) is 4.63. The summed E-state index contributed by atoms with van der Waals surface area (Å²) < 4.78 is 5.21. The van der Waals surface area contributed by atoms with Crippen molar-refractivity contribution < 1.29 is 19.1 Å². The van der Waals surface area contributed by atoms with Crippen LogP contribution in [-0.4, -0.2) is 42.8 Å². The number of amides is 3. The van der Waals surface area contributed by atoms with Crippen LogP contribution in [0.2, 0.25) is 0 Å². The van der Waals surface area contributed by atoms with Crippen LogP contribution in [0, 0.1) is 6.92 Å². The van der Waals surface area contributed by atoms with Gasteiger partial charge in [0, 0.05) is 40.9 Å². The summed E-state index contributed by atoms with van der Waals surface area (Å²) in [6.45, 7) is 2.54. The molecule has 0 saturated carbocycles. The van der Waals surface area contributed by atoms with Crippen LogP contribution in [0.5, 0.6) is 5.75 Å². The molecule has 0 N–H and O–H groups in total. The van der Waals surface area contributed by atoms with Crippen molar-refractivity contribution in [1.82, 2.24) is 4.90 Å². The van der Waals surface area contributed by atoms with Crippen LogP contribution in [0.15, 0.2) is 84.9 Å². The molecule has 0 radical (unpaired) electrons. The van der Waals surface area contributed by atoms with E-state index in [1.807, 2.05) is 55.5 Å². The molecule has 0 bridgehead atoms. The summed E-state index contributed by atoms with van der Waals surface area (Å²) in [5, 5.41) is 1.59. The molecule has 1 aliphatic heterocycles. The number of anilines is 1.